The molecule has 0 saturated carbocycles. The fraction of sp³-hybridized carbons (Fsp3) is 0.348. The van der Waals surface area contributed by atoms with Gasteiger partial charge in [-0.2, -0.15) is 0 Å². The molecule has 0 aliphatic carbocycles. The number of carbonyl (C=O) groups is 1. The van der Waals surface area contributed by atoms with Crippen molar-refractivity contribution in [2.24, 2.45) is 4.99 Å². The first-order chi connectivity index (χ1) is 14.7. The van der Waals surface area contributed by atoms with E-state index in [1.54, 1.807) is 18.1 Å². The summed E-state index contributed by atoms with van der Waals surface area (Å²) in [7, 11) is 3.52. The van der Waals surface area contributed by atoms with E-state index >= 15 is 0 Å². The Morgan fingerprint density at radius 1 is 1.13 bits per heavy atom. The van der Waals surface area contributed by atoms with Gasteiger partial charge in [0, 0.05) is 63.8 Å². The lowest BCUT2D eigenvalue weighted by Gasteiger charge is -2.18. The average molecular weight is 407 g/mol. The van der Waals surface area contributed by atoms with Crippen LogP contribution in [-0.2, 0) is 17.8 Å². The number of likely N-dealkylation sites (N-methyl/N-ethyl adjacent to an activating group) is 1. The number of aliphatic imine (C=N–C) groups is 1. The average Bonchev–Trinajstić information content (AvgIpc) is 3.20. The van der Waals surface area contributed by atoms with Crippen LogP contribution in [0.2, 0.25) is 0 Å². The summed E-state index contributed by atoms with van der Waals surface area (Å²) in [6.45, 7) is 2.54. The third-order valence-electron chi connectivity index (χ3n) is 5.03. The number of amides is 1. The molecule has 0 aliphatic heterocycles. The zero-order valence-electron chi connectivity index (χ0n) is 17.7. The van der Waals surface area contributed by atoms with E-state index in [0.29, 0.717) is 12.5 Å². The molecule has 1 amide bonds. The van der Waals surface area contributed by atoms with Gasteiger partial charge >= 0.3 is 0 Å². The van der Waals surface area contributed by atoms with Gasteiger partial charge in [0.25, 0.3) is 0 Å². The van der Waals surface area contributed by atoms with Gasteiger partial charge in [0.15, 0.2) is 5.96 Å². The van der Waals surface area contributed by atoms with E-state index in [9.17, 15) is 4.79 Å². The van der Waals surface area contributed by atoms with Crippen LogP contribution >= 0.6 is 0 Å². The number of benzene rings is 1. The normalized spacial score (nSPS) is 11.5. The van der Waals surface area contributed by atoms with E-state index in [-0.39, 0.29) is 12.5 Å². The van der Waals surface area contributed by atoms with Crippen molar-refractivity contribution in [3.05, 3.63) is 66.6 Å². The van der Waals surface area contributed by atoms with E-state index in [1.165, 1.54) is 10.9 Å². The minimum atomic E-state index is 0.0210. The first kappa shape index (κ1) is 21.4. The fourth-order valence-corrected chi connectivity index (χ4v) is 3.26. The van der Waals surface area contributed by atoms with Gasteiger partial charge in [0.2, 0.25) is 5.91 Å². The second-order valence-corrected chi connectivity index (χ2v) is 7.16. The van der Waals surface area contributed by atoms with E-state index in [1.807, 2.05) is 25.2 Å². The van der Waals surface area contributed by atoms with Crippen molar-refractivity contribution < 1.29 is 4.79 Å². The summed E-state index contributed by atoms with van der Waals surface area (Å²) in [6, 6.07) is 16.3. The van der Waals surface area contributed by atoms with E-state index in [4.69, 9.17) is 0 Å². The summed E-state index contributed by atoms with van der Waals surface area (Å²) < 4.78 is 2.26. The maximum atomic E-state index is 12.4. The zero-order chi connectivity index (χ0) is 21.2. The number of pyridine rings is 1. The van der Waals surface area contributed by atoms with Gasteiger partial charge in [-0.1, -0.05) is 24.3 Å². The van der Waals surface area contributed by atoms with Gasteiger partial charge in [-0.3, -0.25) is 14.8 Å². The summed E-state index contributed by atoms with van der Waals surface area (Å²) in [6.07, 6.45) is 5.59. The van der Waals surface area contributed by atoms with Crippen LogP contribution in [0.15, 0.2) is 65.9 Å². The molecule has 3 aromatic rings. The van der Waals surface area contributed by atoms with Crippen LogP contribution in [0.1, 0.15) is 12.1 Å². The molecule has 0 radical (unpaired) electrons. The molecule has 2 aromatic heterocycles. The maximum absolute atomic E-state index is 12.4. The lowest BCUT2D eigenvalue weighted by molar-refractivity contribution is -0.128. The largest absolute Gasteiger partial charge is 0.356 e. The van der Waals surface area contributed by atoms with Crippen molar-refractivity contribution in [2.45, 2.75) is 19.4 Å². The molecule has 158 valence electrons. The van der Waals surface area contributed by atoms with Crippen molar-refractivity contribution in [3.63, 3.8) is 0 Å². The van der Waals surface area contributed by atoms with Gasteiger partial charge in [-0.25, -0.2) is 0 Å². The standard InChI is InChI=1S/C23H30N6O/c1-24-23(26-14-7-15-29-17-11-19-8-3-4-10-21(19)29)27-18-22(30)28(2)16-12-20-9-5-6-13-25-20/h3-6,8-11,13,17H,7,12,14-16,18H2,1-2H3,(H2,24,26,27). The van der Waals surface area contributed by atoms with Crippen LogP contribution in [0, 0.1) is 0 Å². The molecule has 0 fully saturated rings. The van der Waals surface area contributed by atoms with Crippen molar-refractivity contribution in [1.29, 1.82) is 0 Å². The van der Waals surface area contributed by atoms with Gasteiger partial charge in [0.05, 0.1) is 6.54 Å². The molecule has 3 rings (SSSR count). The molecular weight excluding hydrogens is 376 g/mol. The molecule has 2 N–H and O–H groups in total. The molecule has 7 heteroatoms. The Morgan fingerprint density at radius 3 is 2.77 bits per heavy atom. The molecule has 0 aliphatic rings. The smallest absolute Gasteiger partial charge is 0.241 e. The quantitative estimate of drug-likeness (QED) is 0.325. The van der Waals surface area contributed by atoms with Gasteiger partial charge in [-0.15, -0.1) is 0 Å². The number of guanidine groups is 1. The molecule has 0 spiro atoms. The Kier molecular flexibility index (Phi) is 7.83. The highest BCUT2D eigenvalue weighted by Crippen LogP contribution is 2.15. The number of nitrogens with zero attached hydrogens (tertiary/aromatic N) is 4. The minimum Gasteiger partial charge on any atom is -0.356 e. The molecule has 0 bridgehead atoms. The maximum Gasteiger partial charge on any atom is 0.241 e. The lowest BCUT2D eigenvalue weighted by Crippen LogP contribution is -2.44. The summed E-state index contributed by atoms with van der Waals surface area (Å²) in [5.74, 6) is 0.659. The Morgan fingerprint density at radius 2 is 1.97 bits per heavy atom. The molecule has 0 atom stereocenters. The third kappa shape index (κ3) is 6.07. The molecule has 0 saturated heterocycles. The Balaban J connectivity index is 1.35. The van der Waals surface area contributed by atoms with Crippen LogP contribution < -0.4 is 10.6 Å². The second-order valence-electron chi connectivity index (χ2n) is 7.16. The topological polar surface area (TPSA) is 74.6 Å². The van der Waals surface area contributed by atoms with E-state index in [0.717, 1.165) is 31.6 Å². The van der Waals surface area contributed by atoms with E-state index in [2.05, 4.69) is 61.7 Å². The number of para-hydroxylation sites is 1. The van der Waals surface area contributed by atoms with Crippen molar-refractivity contribution in [2.75, 3.05) is 33.7 Å². The summed E-state index contributed by atoms with van der Waals surface area (Å²) in [4.78, 5) is 22.6. The molecule has 0 unspecified atom stereocenters. The number of aryl methyl sites for hydroxylation is 1. The molecular formula is C23H30N6O. The van der Waals surface area contributed by atoms with Gasteiger partial charge in [0.1, 0.15) is 0 Å². The van der Waals surface area contributed by atoms with Crippen LogP contribution in [0.25, 0.3) is 10.9 Å². The predicted octanol–water partition coefficient (Wildman–Crippen LogP) is 2.29. The number of aromatic nitrogens is 2. The highest BCUT2D eigenvalue weighted by Gasteiger charge is 2.10. The third-order valence-corrected chi connectivity index (χ3v) is 5.03. The molecule has 2 heterocycles. The number of rotatable bonds is 9. The SMILES string of the molecule is CN=C(NCCCn1ccc2ccccc21)NCC(=O)N(C)CCc1ccccn1. The number of hydrogen-bond donors (Lipinski definition) is 2. The van der Waals surface area contributed by atoms with Gasteiger partial charge in [-0.05, 0) is 36.1 Å². The first-order valence-corrected chi connectivity index (χ1v) is 10.3. The molecule has 1 aromatic carbocycles. The first-order valence-electron chi connectivity index (χ1n) is 10.3. The lowest BCUT2D eigenvalue weighted by atomic mass is 10.2. The number of nitrogens with one attached hydrogen (secondary N) is 2. The van der Waals surface area contributed by atoms with Crippen LogP contribution in [0.3, 0.4) is 0 Å². The zero-order valence-corrected chi connectivity index (χ0v) is 17.7. The number of fused-ring (bicyclic) bond motifs is 1. The fourth-order valence-electron chi connectivity index (χ4n) is 3.26. The summed E-state index contributed by atoms with van der Waals surface area (Å²) in [5, 5.41) is 7.63. The van der Waals surface area contributed by atoms with E-state index < -0.39 is 0 Å². The second kappa shape index (κ2) is 11.0. The van der Waals surface area contributed by atoms with Crippen LogP contribution in [-0.4, -0.2) is 60.0 Å². The number of hydrogen-bond acceptors (Lipinski definition) is 3. The van der Waals surface area contributed by atoms with Crippen LogP contribution in [0.5, 0.6) is 0 Å². The van der Waals surface area contributed by atoms with Crippen molar-refractivity contribution >= 4 is 22.8 Å². The summed E-state index contributed by atoms with van der Waals surface area (Å²) >= 11 is 0. The van der Waals surface area contributed by atoms with Gasteiger partial charge < -0.3 is 20.1 Å². The summed E-state index contributed by atoms with van der Waals surface area (Å²) in [5.41, 5.74) is 2.23. The van der Waals surface area contributed by atoms with Crippen molar-refractivity contribution in [3.8, 4) is 0 Å². The number of carbonyl (C=O) groups excluding carboxylic acids is 1. The molecule has 30 heavy (non-hydrogen) atoms. The Bertz CT molecular complexity index is 966. The van der Waals surface area contributed by atoms with Crippen LogP contribution in [0.4, 0.5) is 0 Å². The Hall–Kier alpha value is -3.35. The monoisotopic (exact) mass is 406 g/mol. The molecule has 7 nitrogen and oxygen atoms in total. The highest BCUT2D eigenvalue weighted by atomic mass is 16.2. The Labute approximate surface area is 177 Å². The highest BCUT2D eigenvalue weighted by molar-refractivity contribution is 5.86. The minimum absolute atomic E-state index is 0.0210. The van der Waals surface area contributed by atoms with Crippen molar-refractivity contribution in [1.82, 2.24) is 25.1 Å². The predicted molar refractivity (Wildman–Crippen MR) is 121 cm³/mol.